The van der Waals surface area contributed by atoms with E-state index in [2.05, 4.69) is 0 Å². The number of methoxy groups -OCH3 is 1. The molecule has 0 aliphatic carbocycles. The summed E-state index contributed by atoms with van der Waals surface area (Å²) in [7, 11) is -2.50. The molecule has 0 radical (unpaired) electrons. The highest BCUT2D eigenvalue weighted by Crippen LogP contribution is 2.36. The Labute approximate surface area is 204 Å². The molecule has 1 saturated heterocycles. The van der Waals surface area contributed by atoms with E-state index in [0.717, 1.165) is 10.8 Å². The molecule has 2 atom stereocenters. The van der Waals surface area contributed by atoms with Gasteiger partial charge < -0.3 is 14.4 Å². The molecular formula is C26H26N2O6S. The first-order valence-electron chi connectivity index (χ1n) is 11.5. The first kappa shape index (κ1) is 23.3. The monoisotopic (exact) mass is 494 g/mol. The second-order valence-corrected chi connectivity index (χ2v) is 10.7. The zero-order valence-corrected chi connectivity index (χ0v) is 20.1. The lowest BCUT2D eigenvalue weighted by Crippen LogP contribution is -2.52. The van der Waals surface area contributed by atoms with Crippen molar-refractivity contribution in [1.29, 1.82) is 0 Å². The van der Waals surface area contributed by atoms with Crippen molar-refractivity contribution in [2.45, 2.75) is 23.8 Å². The molecule has 1 amide bonds. The van der Waals surface area contributed by atoms with Crippen molar-refractivity contribution in [3.63, 3.8) is 0 Å². The van der Waals surface area contributed by atoms with Gasteiger partial charge in [-0.05, 0) is 47.9 Å². The molecule has 0 unspecified atom stereocenters. The highest BCUT2D eigenvalue weighted by molar-refractivity contribution is 7.89. The number of hydrogen-bond donors (Lipinski definition) is 0. The van der Waals surface area contributed by atoms with E-state index < -0.39 is 28.0 Å². The fourth-order valence-corrected chi connectivity index (χ4v) is 6.32. The van der Waals surface area contributed by atoms with Crippen LogP contribution in [0.2, 0.25) is 0 Å². The average Bonchev–Trinajstić information content (AvgIpc) is 2.91. The smallest absolute Gasteiger partial charge is 0.348 e. The van der Waals surface area contributed by atoms with Crippen LogP contribution < -0.4 is 9.64 Å². The third-order valence-corrected chi connectivity index (χ3v) is 8.46. The van der Waals surface area contributed by atoms with Crippen LogP contribution in [-0.4, -0.2) is 57.4 Å². The molecule has 35 heavy (non-hydrogen) atoms. The van der Waals surface area contributed by atoms with E-state index in [-0.39, 0.29) is 23.9 Å². The Hall–Kier alpha value is -3.43. The number of hydrogen-bond acceptors (Lipinski definition) is 6. The molecule has 2 aliphatic rings. The Morgan fingerprint density at radius 1 is 0.971 bits per heavy atom. The van der Waals surface area contributed by atoms with Gasteiger partial charge in [0.2, 0.25) is 22.0 Å². The number of carbonyl (C=O) groups is 2. The maximum Gasteiger partial charge on any atom is 0.348 e. The second-order valence-electron chi connectivity index (χ2n) is 8.76. The number of anilines is 1. The van der Waals surface area contributed by atoms with Gasteiger partial charge in [0.25, 0.3) is 0 Å². The summed E-state index contributed by atoms with van der Waals surface area (Å²) in [6.07, 6.45) is 0.181. The van der Waals surface area contributed by atoms with Gasteiger partial charge in [0.15, 0.2) is 0 Å². The number of para-hydroxylation sites is 2. The Kier molecular flexibility index (Phi) is 6.21. The van der Waals surface area contributed by atoms with Crippen LogP contribution in [0.1, 0.15) is 12.8 Å². The van der Waals surface area contributed by atoms with Crippen LogP contribution in [0.3, 0.4) is 0 Å². The topological polar surface area (TPSA) is 93.2 Å². The summed E-state index contributed by atoms with van der Waals surface area (Å²) in [6, 6.07) is 19.7. The lowest BCUT2D eigenvalue weighted by Gasteiger charge is -2.38. The van der Waals surface area contributed by atoms with E-state index >= 15 is 0 Å². The number of amides is 1. The van der Waals surface area contributed by atoms with Crippen molar-refractivity contribution in [2.75, 3.05) is 31.6 Å². The number of sulfonamides is 1. The molecule has 3 aromatic carbocycles. The summed E-state index contributed by atoms with van der Waals surface area (Å²) in [6.45, 7) is 0.441. The predicted molar refractivity (Wildman–Crippen MR) is 131 cm³/mol. The summed E-state index contributed by atoms with van der Waals surface area (Å²) in [4.78, 5) is 27.6. The first-order valence-corrected chi connectivity index (χ1v) is 13.0. The Morgan fingerprint density at radius 3 is 2.51 bits per heavy atom. The van der Waals surface area contributed by atoms with Gasteiger partial charge in [-0.1, -0.05) is 42.5 Å². The average molecular weight is 495 g/mol. The molecule has 8 nitrogen and oxygen atoms in total. The zero-order valence-electron chi connectivity index (χ0n) is 19.3. The van der Waals surface area contributed by atoms with Crippen LogP contribution in [0.25, 0.3) is 10.8 Å². The van der Waals surface area contributed by atoms with Gasteiger partial charge in [0.05, 0.1) is 30.2 Å². The molecule has 5 rings (SSSR count). The minimum absolute atomic E-state index is 0.0104. The fourth-order valence-electron chi connectivity index (χ4n) is 4.76. The van der Waals surface area contributed by atoms with Crippen LogP contribution in [0, 0.1) is 5.92 Å². The van der Waals surface area contributed by atoms with Gasteiger partial charge in [0.1, 0.15) is 5.75 Å². The van der Waals surface area contributed by atoms with Gasteiger partial charge >= 0.3 is 5.97 Å². The molecule has 0 bridgehead atoms. The molecule has 1 fully saturated rings. The summed E-state index contributed by atoms with van der Waals surface area (Å²) in [5.74, 6) is -0.920. The van der Waals surface area contributed by atoms with E-state index in [1.54, 1.807) is 42.5 Å². The number of benzene rings is 3. The van der Waals surface area contributed by atoms with Crippen LogP contribution in [0.5, 0.6) is 5.75 Å². The third kappa shape index (κ3) is 4.37. The lowest BCUT2D eigenvalue weighted by molar-refractivity contribution is -0.148. The number of nitrogens with zero attached hydrogens (tertiary/aromatic N) is 2. The van der Waals surface area contributed by atoms with Gasteiger partial charge in [-0.25, -0.2) is 13.2 Å². The molecule has 3 aromatic rings. The SMILES string of the molecule is COC(=O)[C@@H]1CN(C(=O)[C@H]2CCCN(S(=O)(=O)c3ccc4ccccc4c3)C2)c2ccccc2O1. The summed E-state index contributed by atoms with van der Waals surface area (Å²) in [5.41, 5.74) is 0.562. The van der Waals surface area contributed by atoms with Gasteiger partial charge in [0, 0.05) is 13.1 Å². The van der Waals surface area contributed by atoms with E-state index in [1.807, 2.05) is 24.3 Å². The maximum atomic E-state index is 13.7. The second kappa shape index (κ2) is 9.31. The number of fused-ring (bicyclic) bond motifs is 2. The first-order chi connectivity index (χ1) is 16.9. The van der Waals surface area contributed by atoms with E-state index in [1.165, 1.54) is 16.3 Å². The van der Waals surface area contributed by atoms with Crippen LogP contribution in [-0.2, 0) is 24.3 Å². The van der Waals surface area contributed by atoms with Crippen LogP contribution in [0.4, 0.5) is 5.69 Å². The highest BCUT2D eigenvalue weighted by atomic mass is 32.2. The number of ether oxygens (including phenoxy) is 2. The van der Waals surface area contributed by atoms with Crippen molar-refractivity contribution in [3.05, 3.63) is 66.7 Å². The predicted octanol–water partition coefficient (Wildman–Crippen LogP) is 3.21. The van der Waals surface area contributed by atoms with Crippen molar-refractivity contribution < 1.29 is 27.5 Å². The van der Waals surface area contributed by atoms with Crippen molar-refractivity contribution >= 4 is 38.4 Å². The standard InChI is InChI=1S/C26H26N2O6S/c1-33-26(30)24-17-28(22-10-4-5-11-23(22)34-24)25(29)20-9-6-14-27(16-20)35(31,32)21-13-12-18-7-2-3-8-19(18)15-21/h2-5,7-8,10-13,15,20,24H,6,9,14,16-17H2,1H3/t20-,24-/m0/s1. The number of piperidine rings is 1. The quantitative estimate of drug-likeness (QED) is 0.517. The molecule has 0 aromatic heterocycles. The molecule has 2 aliphatic heterocycles. The molecule has 0 saturated carbocycles. The van der Waals surface area contributed by atoms with Crippen LogP contribution >= 0.6 is 0 Å². The van der Waals surface area contributed by atoms with Crippen LogP contribution in [0.15, 0.2) is 71.6 Å². The number of carbonyl (C=O) groups excluding carboxylic acids is 2. The Balaban J connectivity index is 1.40. The highest BCUT2D eigenvalue weighted by Gasteiger charge is 2.40. The molecular weight excluding hydrogens is 468 g/mol. The Bertz CT molecular complexity index is 1390. The summed E-state index contributed by atoms with van der Waals surface area (Å²) < 4.78 is 38.9. The van der Waals surface area contributed by atoms with Crippen molar-refractivity contribution in [2.24, 2.45) is 5.92 Å². The largest absolute Gasteiger partial charge is 0.475 e. The van der Waals surface area contributed by atoms with E-state index in [4.69, 9.17) is 9.47 Å². The van der Waals surface area contributed by atoms with Crippen molar-refractivity contribution in [1.82, 2.24) is 4.31 Å². The zero-order chi connectivity index (χ0) is 24.6. The molecule has 0 N–H and O–H groups in total. The molecule has 0 spiro atoms. The minimum Gasteiger partial charge on any atom is -0.475 e. The van der Waals surface area contributed by atoms with Gasteiger partial charge in [-0.2, -0.15) is 4.31 Å². The minimum atomic E-state index is -3.78. The lowest BCUT2D eigenvalue weighted by atomic mass is 9.97. The number of esters is 1. The maximum absolute atomic E-state index is 13.7. The summed E-state index contributed by atoms with van der Waals surface area (Å²) in [5, 5.41) is 1.81. The van der Waals surface area contributed by atoms with Gasteiger partial charge in [-0.3, -0.25) is 4.79 Å². The fraction of sp³-hybridized carbons (Fsp3) is 0.308. The molecule has 9 heteroatoms. The normalized spacial score (nSPS) is 20.7. The van der Waals surface area contributed by atoms with Gasteiger partial charge in [-0.15, -0.1) is 0 Å². The van der Waals surface area contributed by atoms with Crippen molar-refractivity contribution in [3.8, 4) is 5.75 Å². The third-order valence-electron chi connectivity index (χ3n) is 6.60. The number of rotatable bonds is 4. The van der Waals surface area contributed by atoms with E-state index in [9.17, 15) is 18.0 Å². The summed E-state index contributed by atoms with van der Waals surface area (Å²) >= 11 is 0. The molecule has 2 heterocycles. The Morgan fingerprint density at radius 2 is 1.71 bits per heavy atom. The van der Waals surface area contributed by atoms with E-state index in [0.29, 0.717) is 30.8 Å². The molecule has 182 valence electrons.